The van der Waals surface area contributed by atoms with E-state index >= 15 is 0 Å². The molecule has 0 saturated heterocycles. The molecule has 3 nitrogen and oxygen atoms in total. The minimum Gasteiger partial charge on any atom is -0.497 e. The first-order valence-electron chi connectivity index (χ1n) is 6.54. The summed E-state index contributed by atoms with van der Waals surface area (Å²) in [4.78, 5) is 0. The van der Waals surface area contributed by atoms with E-state index in [2.05, 4.69) is 12.1 Å². The second-order valence-electron chi connectivity index (χ2n) is 3.94. The second kappa shape index (κ2) is 9.14. The van der Waals surface area contributed by atoms with Crippen LogP contribution in [0.25, 0.3) is 0 Å². The highest BCUT2D eigenvalue weighted by molar-refractivity contribution is 6.44. The summed E-state index contributed by atoms with van der Waals surface area (Å²) < 4.78 is 16.5. The van der Waals surface area contributed by atoms with Gasteiger partial charge in [0.05, 0.1) is 7.11 Å². The Labute approximate surface area is 112 Å². The molecule has 1 aromatic carbocycles. The number of rotatable bonds is 9. The zero-order valence-corrected chi connectivity index (χ0v) is 12.6. The summed E-state index contributed by atoms with van der Waals surface area (Å²) in [6.07, 6.45) is 2.15. The quantitative estimate of drug-likeness (QED) is 0.643. The van der Waals surface area contributed by atoms with Crippen molar-refractivity contribution in [2.75, 3.05) is 20.3 Å². The maximum Gasteiger partial charge on any atom is 0.384 e. The lowest BCUT2D eigenvalue weighted by atomic mass is 10.1. The van der Waals surface area contributed by atoms with Gasteiger partial charge in [-0.15, -0.1) is 0 Å². The van der Waals surface area contributed by atoms with Crippen molar-refractivity contribution in [3.63, 3.8) is 0 Å². The Balaban J connectivity index is 2.34. The highest BCUT2D eigenvalue weighted by Crippen LogP contribution is 2.15. The first-order chi connectivity index (χ1) is 8.80. The summed E-state index contributed by atoms with van der Waals surface area (Å²) >= 11 is 0. The number of ether oxygens (including phenoxy) is 1. The van der Waals surface area contributed by atoms with Crippen LogP contribution in [0.1, 0.15) is 25.8 Å². The molecule has 4 heteroatoms. The topological polar surface area (TPSA) is 27.7 Å². The van der Waals surface area contributed by atoms with Crippen LogP contribution in [0.5, 0.6) is 5.75 Å². The molecular formula is C14H23O3Si. The van der Waals surface area contributed by atoms with Gasteiger partial charge in [-0.25, -0.2) is 0 Å². The van der Waals surface area contributed by atoms with E-state index in [-0.39, 0.29) is 0 Å². The van der Waals surface area contributed by atoms with Crippen LogP contribution >= 0.6 is 0 Å². The second-order valence-corrected chi connectivity index (χ2v) is 5.76. The minimum absolute atomic E-state index is 0.744. The molecule has 0 bridgehead atoms. The molecule has 1 aromatic rings. The van der Waals surface area contributed by atoms with E-state index in [4.69, 9.17) is 13.6 Å². The summed E-state index contributed by atoms with van der Waals surface area (Å²) in [6, 6.07) is 9.26. The lowest BCUT2D eigenvalue weighted by Crippen LogP contribution is -2.22. The molecule has 0 aromatic heterocycles. The molecule has 0 fully saturated rings. The Kier molecular flexibility index (Phi) is 7.72. The molecular weight excluding hydrogens is 244 g/mol. The van der Waals surface area contributed by atoms with E-state index in [0.717, 1.165) is 37.8 Å². The van der Waals surface area contributed by atoms with Crippen molar-refractivity contribution in [1.82, 2.24) is 0 Å². The van der Waals surface area contributed by atoms with Gasteiger partial charge < -0.3 is 13.6 Å². The average Bonchev–Trinajstić information content (AvgIpc) is 2.39. The molecule has 0 aliphatic carbocycles. The van der Waals surface area contributed by atoms with Crippen LogP contribution in [0.2, 0.25) is 6.04 Å². The van der Waals surface area contributed by atoms with Gasteiger partial charge in [-0.05, 0) is 50.4 Å². The Morgan fingerprint density at radius 1 is 1.11 bits per heavy atom. The number of methoxy groups -OCH3 is 1. The normalized spacial score (nSPS) is 10.9. The van der Waals surface area contributed by atoms with Crippen molar-refractivity contribution < 1.29 is 13.6 Å². The van der Waals surface area contributed by atoms with E-state index in [1.807, 2.05) is 26.0 Å². The molecule has 0 saturated carbocycles. The van der Waals surface area contributed by atoms with E-state index < -0.39 is 9.28 Å². The fourth-order valence-electron chi connectivity index (χ4n) is 1.77. The van der Waals surface area contributed by atoms with Crippen molar-refractivity contribution >= 4 is 9.28 Å². The van der Waals surface area contributed by atoms with Gasteiger partial charge in [-0.2, -0.15) is 0 Å². The molecule has 0 heterocycles. The largest absolute Gasteiger partial charge is 0.497 e. The van der Waals surface area contributed by atoms with Gasteiger partial charge in [0.2, 0.25) is 0 Å². The van der Waals surface area contributed by atoms with Crippen LogP contribution in [-0.2, 0) is 15.3 Å². The van der Waals surface area contributed by atoms with Crippen LogP contribution in [-0.4, -0.2) is 29.6 Å². The molecule has 0 amide bonds. The Bertz CT molecular complexity index is 325. The molecule has 18 heavy (non-hydrogen) atoms. The lowest BCUT2D eigenvalue weighted by molar-refractivity contribution is 0.213. The lowest BCUT2D eigenvalue weighted by Gasteiger charge is -2.13. The summed E-state index contributed by atoms with van der Waals surface area (Å²) in [5.41, 5.74) is 1.31. The molecule has 1 rings (SSSR count). The van der Waals surface area contributed by atoms with E-state index in [0.29, 0.717) is 0 Å². The van der Waals surface area contributed by atoms with Gasteiger partial charge in [0.15, 0.2) is 0 Å². The van der Waals surface area contributed by atoms with Gasteiger partial charge in [0, 0.05) is 13.2 Å². The van der Waals surface area contributed by atoms with Crippen molar-refractivity contribution in [1.29, 1.82) is 0 Å². The van der Waals surface area contributed by atoms with Gasteiger partial charge in [0.25, 0.3) is 0 Å². The van der Waals surface area contributed by atoms with Gasteiger partial charge in [-0.3, -0.25) is 0 Å². The Morgan fingerprint density at radius 3 is 2.44 bits per heavy atom. The van der Waals surface area contributed by atoms with Gasteiger partial charge >= 0.3 is 9.28 Å². The fourth-order valence-corrected chi connectivity index (χ4v) is 3.25. The van der Waals surface area contributed by atoms with E-state index in [1.54, 1.807) is 7.11 Å². The SMILES string of the molecule is CCO[Si](CCCc1cccc(OC)c1)OCC. The highest BCUT2D eigenvalue weighted by atomic mass is 28.3. The third-order valence-electron chi connectivity index (χ3n) is 2.59. The van der Waals surface area contributed by atoms with Crippen LogP contribution < -0.4 is 4.74 Å². The summed E-state index contributed by atoms with van der Waals surface area (Å²) in [7, 11) is 0.636. The Morgan fingerprint density at radius 2 is 1.83 bits per heavy atom. The smallest absolute Gasteiger partial charge is 0.384 e. The number of aryl methyl sites for hydroxylation is 1. The summed E-state index contributed by atoms with van der Waals surface area (Å²) in [6.45, 7) is 5.53. The maximum atomic E-state index is 5.62. The van der Waals surface area contributed by atoms with Crippen molar-refractivity contribution in [3.8, 4) is 5.75 Å². The van der Waals surface area contributed by atoms with Crippen molar-refractivity contribution in [2.24, 2.45) is 0 Å². The molecule has 101 valence electrons. The van der Waals surface area contributed by atoms with E-state index in [1.165, 1.54) is 5.56 Å². The van der Waals surface area contributed by atoms with Crippen molar-refractivity contribution in [3.05, 3.63) is 29.8 Å². The van der Waals surface area contributed by atoms with Crippen LogP contribution in [0.15, 0.2) is 24.3 Å². The third-order valence-corrected chi connectivity index (χ3v) is 4.57. The zero-order chi connectivity index (χ0) is 13.2. The molecule has 0 aliphatic rings. The number of benzene rings is 1. The zero-order valence-electron chi connectivity index (χ0n) is 11.6. The van der Waals surface area contributed by atoms with Crippen LogP contribution in [0.3, 0.4) is 0 Å². The molecule has 0 spiro atoms. The monoisotopic (exact) mass is 267 g/mol. The first-order valence-corrected chi connectivity index (χ1v) is 8.06. The maximum absolute atomic E-state index is 5.62. The number of hydrogen-bond donors (Lipinski definition) is 0. The third kappa shape index (κ3) is 5.66. The van der Waals surface area contributed by atoms with Crippen LogP contribution in [0.4, 0.5) is 0 Å². The van der Waals surface area contributed by atoms with E-state index in [9.17, 15) is 0 Å². The first kappa shape index (κ1) is 15.2. The Hall–Kier alpha value is -0.843. The summed E-state index contributed by atoms with van der Waals surface area (Å²) in [5.74, 6) is 0.924. The van der Waals surface area contributed by atoms with Crippen molar-refractivity contribution in [2.45, 2.75) is 32.7 Å². The predicted octanol–water partition coefficient (Wildman–Crippen LogP) is 3.19. The number of hydrogen-bond acceptors (Lipinski definition) is 3. The van der Waals surface area contributed by atoms with Gasteiger partial charge in [0.1, 0.15) is 5.75 Å². The highest BCUT2D eigenvalue weighted by Gasteiger charge is 2.13. The minimum atomic E-state index is -1.06. The molecule has 0 N–H and O–H groups in total. The van der Waals surface area contributed by atoms with Crippen LogP contribution in [0, 0.1) is 0 Å². The standard InChI is InChI=1S/C14H23O3Si/c1-4-16-18(17-5-2)11-7-9-13-8-6-10-14(12-13)15-3/h6,8,10,12H,4-5,7,9,11H2,1-3H3. The molecule has 0 aliphatic heterocycles. The average molecular weight is 267 g/mol. The predicted molar refractivity (Wildman–Crippen MR) is 75.1 cm³/mol. The molecule has 0 atom stereocenters. The summed E-state index contributed by atoms with van der Waals surface area (Å²) in [5, 5.41) is 0. The fraction of sp³-hybridized carbons (Fsp3) is 0.571. The molecule has 1 radical (unpaired) electrons. The molecule has 0 unspecified atom stereocenters. The van der Waals surface area contributed by atoms with Gasteiger partial charge in [-0.1, -0.05) is 12.1 Å².